The first kappa shape index (κ1) is 11.3. The van der Waals surface area contributed by atoms with Crippen LogP contribution in [0.2, 0.25) is 0 Å². The molecule has 8 heteroatoms. The molecule has 1 saturated heterocycles. The molecule has 0 bridgehead atoms. The van der Waals surface area contributed by atoms with Gasteiger partial charge >= 0.3 is 0 Å². The van der Waals surface area contributed by atoms with Gasteiger partial charge in [0.2, 0.25) is 0 Å². The maximum Gasteiger partial charge on any atom is 0.167 e. The van der Waals surface area contributed by atoms with E-state index in [1.807, 2.05) is 0 Å². The second-order valence-corrected chi connectivity index (χ2v) is 4.30. The highest BCUT2D eigenvalue weighted by Gasteiger charge is 2.41. The first-order chi connectivity index (χ1) is 8.59. The second-order valence-electron chi connectivity index (χ2n) is 4.30. The number of rotatable bonds is 1. The van der Waals surface area contributed by atoms with Crippen molar-refractivity contribution in [1.82, 2.24) is 19.5 Å². The van der Waals surface area contributed by atoms with Crippen LogP contribution in [-0.4, -0.2) is 48.0 Å². The third kappa shape index (κ3) is 1.47. The van der Waals surface area contributed by atoms with E-state index in [2.05, 4.69) is 15.0 Å². The molecule has 1 aliphatic heterocycles. The molecular formula is C10H13N5O3. The maximum absolute atomic E-state index is 9.93. The number of aliphatic hydroxyl groups excluding tert-OH is 2. The van der Waals surface area contributed by atoms with Crippen LogP contribution in [0.5, 0.6) is 0 Å². The Balaban J connectivity index is 2.08. The Bertz CT molecular complexity index is 586. The van der Waals surface area contributed by atoms with Crippen LogP contribution in [0.15, 0.2) is 12.7 Å². The number of imidazole rings is 1. The number of fused-ring (bicyclic) bond motifs is 1. The van der Waals surface area contributed by atoms with E-state index < -0.39 is 24.5 Å². The summed E-state index contributed by atoms with van der Waals surface area (Å²) in [6.45, 7) is 1.69. The molecule has 18 heavy (non-hydrogen) atoms. The van der Waals surface area contributed by atoms with E-state index in [9.17, 15) is 10.2 Å². The molecule has 0 amide bonds. The minimum absolute atomic E-state index is 0.264. The molecule has 0 saturated carbocycles. The summed E-state index contributed by atoms with van der Waals surface area (Å²) in [5.74, 6) is 0.264. The normalized spacial score (nSPS) is 32.2. The number of aromatic nitrogens is 4. The summed E-state index contributed by atoms with van der Waals surface area (Å²) >= 11 is 0. The SMILES string of the molecule is C[C@H]1OC(n2cnc3c(N)ncnc32)C(O)C1O. The predicted octanol–water partition coefficient (Wildman–Crippen LogP) is -0.952. The van der Waals surface area contributed by atoms with Crippen molar-refractivity contribution in [2.24, 2.45) is 0 Å². The average molecular weight is 251 g/mol. The van der Waals surface area contributed by atoms with E-state index in [1.54, 1.807) is 11.5 Å². The molecule has 3 heterocycles. The largest absolute Gasteiger partial charge is 0.388 e. The number of nitrogens with two attached hydrogens (primary N) is 1. The van der Waals surface area contributed by atoms with Crippen LogP contribution in [0.25, 0.3) is 11.2 Å². The molecule has 0 aromatic carbocycles. The maximum atomic E-state index is 9.93. The van der Waals surface area contributed by atoms with Gasteiger partial charge in [-0.05, 0) is 6.92 Å². The highest BCUT2D eigenvalue weighted by atomic mass is 16.6. The van der Waals surface area contributed by atoms with Crippen molar-refractivity contribution in [2.45, 2.75) is 31.5 Å². The fourth-order valence-electron chi connectivity index (χ4n) is 2.11. The Labute approximate surface area is 102 Å². The van der Waals surface area contributed by atoms with Crippen molar-refractivity contribution >= 4 is 17.0 Å². The smallest absolute Gasteiger partial charge is 0.167 e. The van der Waals surface area contributed by atoms with Gasteiger partial charge in [-0.25, -0.2) is 15.0 Å². The van der Waals surface area contributed by atoms with Gasteiger partial charge in [-0.15, -0.1) is 0 Å². The van der Waals surface area contributed by atoms with Crippen molar-refractivity contribution in [3.63, 3.8) is 0 Å². The van der Waals surface area contributed by atoms with Crippen LogP contribution in [0.3, 0.4) is 0 Å². The number of hydrogen-bond acceptors (Lipinski definition) is 7. The quantitative estimate of drug-likeness (QED) is 0.597. The fraction of sp³-hybridized carbons (Fsp3) is 0.500. The van der Waals surface area contributed by atoms with Gasteiger partial charge in [-0.3, -0.25) is 4.57 Å². The molecule has 96 valence electrons. The van der Waals surface area contributed by atoms with Gasteiger partial charge < -0.3 is 20.7 Å². The molecule has 2 aromatic rings. The van der Waals surface area contributed by atoms with Crippen LogP contribution in [0, 0.1) is 0 Å². The highest BCUT2D eigenvalue weighted by molar-refractivity contribution is 5.81. The lowest BCUT2D eigenvalue weighted by molar-refractivity contribution is -0.0299. The second kappa shape index (κ2) is 3.87. The van der Waals surface area contributed by atoms with Crippen molar-refractivity contribution in [3.05, 3.63) is 12.7 Å². The first-order valence-electron chi connectivity index (χ1n) is 5.54. The van der Waals surface area contributed by atoms with Gasteiger partial charge in [0, 0.05) is 0 Å². The van der Waals surface area contributed by atoms with Gasteiger partial charge in [0.05, 0.1) is 12.4 Å². The highest BCUT2D eigenvalue weighted by Crippen LogP contribution is 2.31. The summed E-state index contributed by atoms with van der Waals surface area (Å²) in [7, 11) is 0. The number of nitrogens with zero attached hydrogens (tertiary/aromatic N) is 4. The molecule has 0 radical (unpaired) electrons. The van der Waals surface area contributed by atoms with E-state index in [1.165, 1.54) is 12.7 Å². The molecule has 2 aromatic heterocycles. The van der Waals surface area contributed by atoms with Gasteiger partial charge in [-0.1, -0.05) is 0 Å². The predicted molar refractivity (Wildman–Crippen MR) is 61.3 cm³/mol. The summed E-state index contributed by atoms with van der Waals surface area (Å²) in [5.41, 5.74) is 6.59. The lowest BCUT2D eigenvalue weighted by Crippen LogP contribution is -2.30. The molecule has 8 nitrogen and oxygen atoms in total. The van der Waals surface area contributed by atoms with Crippen molar-refractivity contribution in [2.75, 3.05) is 5.73 Å². The number of anilines is 1. The summed E-state index contributed by atoms with van der Waals surface area (Å²) in [6.07, 6.45) is -0.373. The van der Waals surface area contributed by atoms with E-state index in [0.29, 0.717) is 11.2 Å². The zero-order chi connectivity index (χ0) is 12.9. The third-order valence-electron chi connectivity index (χ3n) is 3.14. The molecule has 3 unspecified atom stereocenters. The zero-order valence-corrected chi connectivity index (χ0v) is 9.63. The Kier molecular flexibility index (Phi) is 2.44. The summed E-state index contributed by atoms with van der Waals surface area (Å²) < 4.78 is 7.05. The fourth-order valence-corrected chi connectivity index (χ4v) is 2.11. The molecule has 4 N–H and O–H groups in total. The Morgan fingerprint density at radius 1 is 1.28 bits per heavy atom. The lowest BCUT2D eigenvalue weighted by atomic mass is 10.1. The first-order valence-corrected chi connectivity index (χ1v) is 5.54. The van der Waals surface area contributed by atoms with E-state index in [0.717, 1.165) is 0 Å². The lowest BCUT2D eigenvalue weighted by Gasteiger charge is -2.16. The van der Waals surface area contributed by atoms with Gasteiger partial charge in [0.25, 0.3) is 0 Å². The molecule has 1 aliphatic rings. The van der Waals surface area contributed by atoms with Crippen molar-refractivity contribution < 1.29 is 14.9 Å². The number of aliphatic hydroxyl groups is 2. The number of ether oxygens (including phenoxy) is 1. The van der Waals surface area contributed by atoms with Gasteiger partial charge in [0.15, 0.2) is 17.7 Å². The topological polar surface area (TPSA) is 119 Å². The summed E-state index contributed by atoms with van der Waals surface area (Å²) in [4.78, 5) is 12.0. The molecule has 1 fully saturated rings. The van der Waals surface area contributed by atoms with Gasteiger partial charge in [0.1, 0.15) is 24.1 Å². The van der Waals surface area contributed by atoms with E-state index in [4.69, 9.17) is 10.5 Å². The van der Waals surface area contributed by atoms with Crippen LogP contribution in [0.4, 0.5) is 5.82 Å². The van der Waals surface area contributed by atoms with Crippen molar-refractivity contribution in [1.29, 1.82) is 0 Å². The number of hydrogen-bond donors (Lipinski definition) is 3. The van der Waals surface area contributed by atoms with E-state index >= 15 is 0 Å². The molecule has 0 aliphatic carbocycles. The monoisotopic (exact) mass is 251 g/mol. The molecule has 4 atom stereocenters. The summed E-state index contributed by atoms with van der Waals surface area (Å²) in [5, 5.41) is 19.6. The Morgan fingerprint density at radius 2 is 2.06 bits per heavy atom. The molecular weight excluding hydrogens is 238 g/mol. The average Bonchev–Trinajstić information content (AvgIpc) is 2.88. The van der Waals surface area contributed by atoms with Gasteiger partial charge in [-0.2, -0.15) is 0 Å². The van der Waals surface area contributed by atoms with E-state index in [-0.39, 0.29) is 5.82 Å². The van der Waals surface area contributed by atoms with Crippen LogP contribution >= 0.6 is 0 Å². The van der Waals surface area contributed by atoms with Crippen LogP contribution < -0.4 is 5.73 Å². The van der Waals surface area contributed by atoms with Crippen molar-refractivity contribution in [3.8, 4) is 0 Å². The molecule has 0 spiro atoms. The Morgan fingerprint density at radius 3 is 2.72 bits per heavy atom. The minimum atomic E-state index is -1.03. The zero-order valence-electron chi connectivity index (χ0n) is 9.63. The standard InChI is InChI=1S/C10H13N5O3/c1-4-6(16)7(17)10(18-4)15-3-14-5-8(11)12-2-13-9(5)15/h2-4,6-7,10,16-17H,1H3,(H2,11,12,13)/t4-,6?,7?,10?/m1/s1. The summed E-state index contributed by atoms with van der Waals surface area (Å²) in [6, 6.07) is 0. The van der Waals surface area contributed by atoms with Crippen LogP contribution in [0.1, 0.15) is 13.2 Å². The Hall–Kier alpha value is -1.77. The minimum Gasteiger partial charge on any atom is -0.388 e. The van der Waals surface area contributed by atoms with Crippen LogP contribution in [-0.2, 0) is 4.74 Å². The molecule has 3 rings (SSSR count). The number of nitrogen functional groups attached to an aromatic ring is 1. The third-order valence-corrected chi connectivity index (χ3v) is 3.14.